The molecule has 0 unspecified atom stereocenters. The van der Waals surface area contributed by atoms with Crippen molar-refractivity contribution in [3.05, 3.63) is 61.6 Å². The molecule has 1 aliphatic rings. The molecule has 0 atom stereocenters. The molecular formula is C21H19Cl2N5O3S. The number of phenolic OH excluding ortho intramolecular Hbond substituents is 1. The maximum Gasteiger partial charge on any atom is 0.284 e. The van der Waals surface area contributed by atoms with Gasteiger partial charge in [0.25, 0.3) is 11.8 Å². The fourth-order valence-corrected chi connectivity index (χ4v) is 4.59. The van der Waals surface area contributed by atoms with Gasteiger partial charge in [-0.25, -0.2) is 9.97 Å². The van der Waals surface area contributed by atoms with Gasteiger partial charge in [0.1, 0.15) is 11.6 Å². The van der Waals surface area contributed by atoms with Crippen LogP contribution in [-0.2, 0) is 12.8 Å². The van der Waals surface area contributed by atoms with Crippen LogP contribution in [0.3, 0.4) is 0 Å². The predicted octanol–water partition coefficient (Wildman–Crippen LogP) is 4.09. The zero-order chi connectivity index (χ0) is 22.8. The van der Waals surface area contributed by atoms with E-state index in [-0.39, 0.29) is 32.8 Å². The molecule has 0 bridgehead atoms. The molecule has 0 aliphatic carbocycles. The fourth-order valence-electron chi connectivity index (χ4n) is 3.28. The van der Waals surface area contributed by atoms with Crippen molar-refractivity contribution in [2.24, 2.45) is 0 Å². The molecule has 0 saturated carbocycles. The predicted molar refractivity (Wildman–Crippen MR) is 125 cm³/mol. The maximum atomic E-state index is 12.9. The highest BCUT2D eigenvalue weighted by Gasteiger charge is 2.23. The summed E-state index contributed by atoms with van der Waals surface area (Å²) in [4.78, 5) is 37.6. The summed E-state index contributed by atoms with van der Waals surface area (Å²) in [6.45, 7) is 1.77. The van der Waals surface area contributed by atoms with E-state index in [2.05, 4.69) is 32.5 Å². The molecule has 1 aromatic carbocycles. The van der Waals surface area contributed by atoms with Crippen LogP contribution in [0, 0.1) is 0 Å². The van der Waals surface area contributed by atoms with E-state index in [0.29, 0.717) is 5.02 Å². The number of amides is 2. The number of nitrogens with one attached hydrogen (secondary N) is 2. The number of pyridine rings is 1. The van der Waals surface area contributed by atoms with E-state index in [9.17, 15) is 14.7 Å². The largest absolute Gasteiger partial charge is 0.506 e. The number of aromatic nitrogens is 2. The normalized spacial score (nSPS) is 13.8. The van der Waals surface area contributed by atoms with Gasteiger partial charge in [0.15, 0.2) is 5.01 Å². The van der Waals surface area contributed by atoms with Gasteiger partial charge in [0.05, 0.1) is 22.0 Å². The molecular weight excluding hydrogens is 473 g/mol. The third kappa shape index (κ3) is 5.02. The molecule has 2 amide bonds. The summed E-state index contributed by atoms with van der Waals surface area (Å²) in [5.74, 6) is -1.19. The Kier molecular flexibility index (Phi) is 6.61. The molecule has 1 aliphatic heterocycles. The minimum atomic E-state index is -0.606. The van der Waals surface area contributed by atoms with E-state index in [4.69, 9.17) is 23.2 Å². The summed E-state index contributed by atoms with van der Waals surface area (Å²) in [6.07, 6.45) is 2.98. The lowest BCUT2D eigenvalue weighted by atomic mass is 10.1. The number of hydrogen-bond acceptors (Lipinski definition) is 7. The summed E-state index contributed by atoms with van der Waals surface area (Å²) in [7, 11) is 2.06. The molecule has 11 heteroatoms. The summed E-state index contributed by atoms with van der Waals surface area (Å²) in [5.41, 5.74) is 0.840. The molecule has 0 radical (unpaired) electrons. The summed E-state index contributed by atoms with van der Waals surface area (Å²) in [6, 6.07) is 5.71. The van der Waals surface area contributed by atoms with E-state index in [1.165, 1.54) is 35.7 Å². The molecule has 3 N–H and O–H groups in total. The molecule has 0 saturated heterocycles. The van der Waals surface area contributed by atoms with Crippen molar-refractivity contribution in [2.75, 3.05) is 30.8 Å². The van der Waals surface area contributed by atoms with Gasteiger partial charge in [0, 0.05) is 41.7 Å². The fraction of sp³-hybridized carbons (Fsp3) is 0.238. The molecule has 8 nitrogen and oxygen atoms in total. The molecule has 3 aromatic rings. The van der Waals surface area contributed by atoms with E-state index < -0.39 is 11.8 Å². The quantitative estimate of drug-likeness (QED) is 0.474. The Labute approximate surface area is 198 Å². The standard InChI is InChI=1S/C21H19Cl2N5O3S/c1-28-6-4-14-16(5-7-28)32-21(25-14)20(31)27-18-13(8-12(23)9-15(18)29)19(30)26-17-3-2-11(22)10-24-17/h2-3,8-10,29H,4-7H2,1H3,(H,27,31)(H,24,26,30). The lowest BCUT2D eigenvalue weighted by molar-refractivity contribution is 0.102. The Morgan fingerprint density at radius 1 is 1.09 bits per heavy atom. The monoisotopic (exact) mass is 491 g/mol. The topological polar surface area (TPSA) is 107 Å². The van der Waals surface area contributed by atoms with Gasteiger partial charge in [-0.05, 0) is 31.7 Å². The number of carbonyl (C=O) groups excluding carboxylic acids is 2. The van der Waals surface area contributed by atoms with Gasteiger partial charge in [-0.3, -0.25) is 9.59 Å². The van der Waals surface area contributed by atoms with Gasteiger partial charge >= 0.3 is 0 Å². The van der Waals surface area contributed by atoms with Gasteiger partial charge < -0.3 is 20.6 Å². The SMILES string of the molecule is CN1CCc2nc(C(=O)Nc3c(O)cc(Cl)cc3C(=O)Nc3ccc(Cl)cn3)sc2CC1. The number of anilines is 2. The first-order valence-corrected chi connectivity index (χ1v) is 11.3. The van der Waals surface area contributed by atoms with Crippen molar-refractivity contribution < 1.29 is 14.7 Å². The first kappa shape index (κ1) is 22.5. The smallest absolute Gasteiger partial charge is 0.284 e. The number of carbonyl (C=O) groups is 2. The van der Waals surface area contributed by atoms with Crippen LogP contribution in [0.4, 0.5) is 11.5 Å². The van der Waals surface area contributed by atoms with Crippen molar-refractivity contribution in [2.45, 2.75) is 12.8 Å². The highest BCUT2D eigenvalue weighted by atomic mass is 35.5. The van der Waals surface area contributed by atoms with Crippen LogP contribution in [-0.4, -0.2) is 51.9 Å². The van der Waals surface area contributed by atoms with Crippen molar-refractivity contribution in [1.82, 2.24) is 14.9 Å². The average molecular weight is 492 g/mol. The summed E-state index contributed by atoms with van der Waals surface area (Å²) >= 11 is 13.2. The third-order valence-corrected chi connectivity index (χ3v) is 6.56. The number of rotatable bonds is 4. The van der Waals surface area contributed by atoms with Crippen LogP contribution in [0.2, 0.25) is 10.0 Å². The van der Waals surface area contributed by atoms with E-state index in [1.54, 1.807) is 6.07 Å². The zero-order valence-electron chi connectivity index (χ0n) is 17.0. The number of thiazole rings is 1. The molecule has 166 valence electrons. The second-order valence-electron chi connectivity index (χ2n) is 7.31. The number of aromatic hydroxyl groups is 1. The first-order chi connectivity index (χ1) is 15.3. The van der Waals surface area contributed by atoms with E-state index >= 15 is 0 Å². The number of halogens is 2. The average Bonchev–Trinajstić information content (AvgIpc) is 3.09. The van der Waals surface area contributed by atoms with Crippen molar-refractivity contribution >= 4 is 57.9 Å². The summed E-state index contributed by atoms with van der Waals surface area (Å²) < 4.78 is 0. The van der Waals surface area contributed by atoms with Gasteiger partial charge in [-0.15, -0.1) is 11.3 Å². The third-order valence-electron chi connectivity index (χ3n) is 4.96. The first-order valence-electron chi connectivity index (χ1n) is 9.74. The number of nitrogens with zero attached hydrogens (tertiary/aromatic N) is 3. The maximum absolute atomic E-state index is 12.9. The second-order valence-corrected chi connectivity index (χ2v) is 9.27. The van der Waals surface area contributed by atoms with Crippen molar-refractivity contribution in [3.8, 4) is 5.75 Å². The van der Waals surface area contributed by atoms with Crippen molar-refractivity contribution in [1.29, 1.82) is 0 Å². The highest BCUT2D eigenvalue weighted by Crippen LogP contribution is 2.33. The molecule has 4 rings (SSSR count). The van der Waals surface area contributed by atoms with Gasteiger partial charge in [0.2, 0.25) is 0 Å². The van der Waals surface area contributed by atoms with Crippen LogP contribution < -0.4 is 10.6 Å². The van der Waals surface area contributed by atoms with Crippen LogP contribution in [0.25, 0.3) is 0 Å². The lowest BCUT2D eigenvalue weighted by Gasteiger charge is -2.13. The van der Waals surface area contributed by atoms with Crippen LogP contribution in [0.1, 0.15) is 30.7 Å². The lowest BCUT2D eigenvalue weighted by Crippen LogP contribution is -2.21. The van der Waals surface area contributed by atoms with Crippen LogP contribution in [0.5, 0.6) is 5.75 Å². The van der Waals surface area contributed by atoms with E-state index in [0.717, 1.165) is 36.5 Å². The number of likely N-dealkylation sites (N-methyl/N-ethyl adjacent to an activating group) is 1. The Balaban J connectivity index is 1.58. The Morgan fingerprint density at radius 3 is 2.62 bits per heavy atom. The Bertz CT molecular complexity index is 1160. The Morgan fingerprint density at radius 2 is 1.88 bits per heavy atom. The number of benzene rings is 1. The molecule has 3 heterocycles. The number of fused-ring (bicyclic) bond motifs is 1. The molecule has 0 fully saturated rings. The van der Waals surface area contributed by atoms with Gasteiger partial charge in [-0.1, -0.05) is 23.2 Å². The minimum absolute atomic E-state index is 0.0140. The molecule has 32 heavy (non-hydrogen) atoms. The van der Waals surface area contributed by atoms with E-state index in [1.807, 2.05) is 0 Å². The zero-order valence-corrected chi connectivity index (χ0v) is 19.3. The van der Waals surface area contributed by atoms with Crippen molar-refractivity contribution in [3.63, 3.8) is 0 Å². The number of phenols is 1. The number of hydrogen-bond donors (Lipinski definition) is 3. The molecule has 2 aromatic heterocycles. The highest BCUT2D eigenvalue weighted by molar-refractivity contribution is 7.13. The Hall–Kier alpha value is -2.72. The second kappa shape index (κ2) is 9.41. The van der Waals surface area contributed by atoms with Crippen LogP contribution >= 0.6 is 34.5 Å². The minimum Gasteiger partial charge on any atom is -0.506 e. The van der Waals surface area contributed by atoms with Gasteiger partial charge in [-0.2, -0.15) is 0 Å². The summed E-state index contributed by atoms with van der Waals surface area (Å²) in [5, 5.41) is 16.5. The van der Waals surface area contributed by atoms with Crippen LogP contribution in [0.15, 0.2) is 30.5 Å². The molecule has 0 spiro atoms.